The number of nitrogens with zero attached hydrogens (tertiary/aromatic N) is 1. The van der Waals surface area contributed by atoms with Gasteiger partial charge in [-0.05, 0) is 43.4 Å². The van der Waals surface area contributed by atoms with Gasteiger partial charge in [-0.1, -0.05) is 25.5 Å². The van der Waals surface area contributed by atoms with Crippen LogP contribution in [0.2, 0.25) is 0 Å². The third-order valence-electron chi connectivity index (χ3n) is 3.69. The Bertz CT molecular complexity index is 470. The summed E-state index contributed by atoms with van der Waals surface area (Å²) in [6, 6.07) is 8.23. The zero-order valence-electron chi connectivity index (χ0n) is 15.8. The third kappa shape index (κ3) is 12.0. The summed E-state index contributed by atoms with van der Waals surface area (Å²) in [7, 11) is 3.50. The molecule has 144 valence electrons. The lowest BCUT2D eigenvalue weighted by Gasteiger charge is -2.12. The molecule has 0 heterocycles. The molecule has 0 fully saturated rings. The minimum Gasteiger partial charge on any atom is -0.497 e. The zero-order chi connectivity index (χ0) is 17.5. The molecule has 0 amide bonds. The fourth-order valence-electron chi connectivity index (χ4n) is 2.28. The maximum absolute atomic E-state index is 5.55. The predicted octanol–water partition coefficient (Wildman–Crippen LogP) is 3.62. The zero-order valence-corrected chi connectivity index (χ0v) is 18.2. The Morgan fingerprint density at radius 1 is 1.08 bits per heavy atom. The molecular formula is C19H34IN3O2. The van der Waals surface area contributed by atoms with Crippen LogP contribution in [0.3, 0.4) is 0 Å². The van der Waals surface area contributed by atoms with Crippen molar-refractivity contribution < 1.29 is 9.47 Å². The number of rotatable bonds is 12. The number of aryl methyl sites for hydroxylation is 1. The van der Waals surface area contributed by atoms with Gasteiger partial charge in [0.25, 0.3) is 0 Å². The van der Waals surface area contributed by atoms with Crippen LogP contribution in [0, 0.1) is 0 Å². The van der Waals surface area contributed by atoms with Crippen LogP contribution < -0.4 is 15.4 Å². The van der Waals surface area contributed by atoms with Gasteiger partial charge in [-0.2, -0.15) is 0 Å². The first-order valence-corrected chi connectivity index (χ1v) is 8.95. The van der Waals surface area contributed by atoms with Crippen molar-refractivity contribution in [2.75, 3.05) is 40.5 Å². The van der Waals surface area contributed by atoms with Crippen LogP contribution in [0.25, 0.3) is 0 Å². The quantitative estimate of drug-likeness (QED) is 0.215. The summed E-state index contributed by atoms with van der Waals surface area (Å²) in [5.74, 6) is 1.77. The molecular weight excluding hydrogens is 429 g/mol. The molecule has 0 saturated heterocycles. The van der Waals surface area contributed by atoms with Crippen LogP contribution in [0.4, 0.5) is 0 Å². The first-order chi connectivity index (χ1) is 11.8. The van der Waals surface area contributed by atoms with Gasteiger partial charge in [-0.3, -0.25) is 4.99 Å². The van der Waals surface area contributed by atoms with E-state index in [-0.39, 0.29) is 24.0 Å². The van der Waals surface area contributed by atoms with Gasteiger partial charge >= 0.3 is 0 Å². The summed E-state index contributed by atoms with van der Waals surface area (Å²) in [4.78, 5) is 4.24. The first kappa shape index (κ1) is 24.0. The first-order valence-electron chi connectivity index (χ1n) is 8.95. The Morgan fingerprint density at radius 3 is 2.48 bits per heavy atom. The highest BCUT2D eigenvalue weighted by Crippen LogP contribution is 2.13. The average Bonchev–Trinajstić information content (AvgIpc) is 2.62. The van der Waals surface area contributed by atoms with E-state index in [0.717, 1.165) is 63.7 Å². The second kappa shape index (κ2) is 16.4. The van der Waals surface area contributed by atoms with Crippen LogP contribution in [0.5, 0.6) is 5.75 Å². The normalized spacial score (nSPS) is 10.9. The van der Waals surface area contributed by atoms with Crippen molar-refractivity contribution in [1.82, 2.24) is 10.6 Å². The second-order valence-corrected chi connectivity index (χ2v) is 5.70. The molecule has 1 aromatic carbocycles. The predicted molar refractivity (Wildman–Crippen MR) is 116 cm³/mol. The molecule has 0 aliphatic heterocycles. The highest BCUT2D eigenvalue weighted by molar-refractivity contribution is 14.0. The monoisotopic (exact) mass is 463 g/mol. The Hall–Kier alpha value is -1.02. The molecule has 0 aliphatic rings. The highest BCUT2D eigenvalue weighted by atomic mass is 127. The Kier molecular flexibility index (Phi) is 15.8. The lowest BCUT2D eigenvalue weighted by molar-refractivity contribution is 0.129. The number of unbranched alkanes of at least 4 members (excludes halogenated alkanes) is 1. The number of ether oxygens (including phenoxy) is 2. The van der Waals surface area contributed by atoms with Gasteiger partial charge in [-0.25, -0.2) is 0 Å². The summed E-state index contributed by atoms with van der Waals surface area (Å²) < 4.78 is 10.8. The fraction of sp³-hybridized carbons (Fsp3) is 0.632. The van der Waals surface area contributed by atoms with Crippen molar-refractivity contribution in [2.24, 2.45) is 4.99 Å². The van der Waals surface area contributed by atoms with Crippen LogP contribution >= 0.6 is 24.0 Å². The van der Waals surface area contributed by atoms with Crippen LogP contribution in [-0.2, 0) is 11.2 Å². The molecule has 1 aromatic rings. The van der Waals surface area contributed by atoms with Crippen LogP contribution in [0.1, 0.15) is 38.2 Å². The standard InChI is InChI=1S/C19H33N3O2.HI/c1-4-5-14-24-15-8-13-22-19(20-2)21-12-7-10-17-9-6-11-18(16-17)23-3;/h6,9,11,16H,4-5,7-8,10,12-15H2,1-3H3,(H2,20,21,22);1H. The van der Waals surface area contributed by atoms with E-state index in [9.17, 15) is 0 Å². The van der Waals surface area contributed by atoms with Gasteiger partial charge in [-0.15, -0.1) is 24.0 Å². The summed E-state index contributed by atoms with van der Waals surface area (Å²) in [6.07, 6.45) is 5.39. The molecule has 25 heavy (non-hydrogen) atoms. The molecule has 2 N–H and O–H groups in total. The smallest absolute Gasteiger partial charge is 0.190 e. The molecule has 0 aromatic heterocycles. The summed E-state index contributed by atoms with van der Waals surface area (Å²) in [5, 5.41) is 6.66. The van der Waals surface area contributed by atoms with Crippen molar-refractivity contribution in [3.05, 3.63) is 29.8 Å². The molecule has 0 bridgehead atoms. The third-order valence-corrected chi connectivity index (χ3v) is 3.69. The molecule has 0 aliphatic carbocycles. The number of benzene rings is 1. The minimum absolute atomic E-state index is 0. The SMILES string of the molecule is CCCCOCCCNC(=NC)NCCCc1cccc(OC)c1.I. The summed E-state index contributed by atoms with van der Waals surface area (Å²) in [5.41, 5.74) is 1.29. The van der Waals surface area contributed by atoms with E-state index < -0.39 is 0 Å². The fourth-order valence-corrected chi connectivity index (χ4v) is 2.28. The van der Waals surface area contributed by atoms with E-state index in [1.165, 1.54) is 12.0 Å². The lowest BCUT2D eigenvalue weighted by Crippen LogP contribution is -2.38. The Balaban J connectivity index is 0.00000576. The number of nitrogens with one attached hydrogen (secondary N) is 2. The number of halogens is 1. The number of hydrogen-bond donors (Lipinski definition) is 2. The van der Waals surface area contributed by atoms with Crippen molar-refractivity contribution in [1.29, 1.82) is 0 Å². The lowest BCUT2D eigenvalue weighted by atomic mass is 10.1. The Labute approximate surface area is 170 Å². The largest absolute Gasteiger partial charge is 0.497 e. The molecule has 0 saturated carbocycles. The van der Waals surface area contributed by atoms with Crippen molar-refractivity contribution in [3.63, 3.8) is 0 Å². The van der Waals surface area contributed by atoms with Gasteiger partial charge in [0.15, 0.2) is 5.96 Å². The topological polar surface area (TPSA) is 54.9 Å². The van der Waals surface area contributed by atoms with Gasteiger partial charge in [0.05, 0.1) is 7.11 Å². The molecule has 0 spiro atoms. The van der Waals surface area contributed by atoms with Gasteiger partial charge < -0.3 is 20.1 Å². The number of guanidine groups is 1. The number of methoxy groups -OCH3 is 1. The minimum atomic E-state index is 0. The van der Waals surface area contributed by atoms with Gasteiger partial charge in [0.2, 0.25) is 0 Å². The molecule has 1 rings (SSSR count). The average molecular weight is 463 g/mol. The van der Waals surface area contributed by atoms with E-state index in [2.05, 4.69) is 34.7 Å². The highest BCUT2D eigenvalue weighted by Gasteiger charge is 1.99. The molecule has 0 radical (unpaired) electrons. The molecule has 0 unspecified atom stereocenters. The molecule has 5 nitrogen and oxygen atoms in total. The number of hydrogen-bond acceptors (Lipinski definition) is 3. The molecule has 6 heteroatoms. The van der Waals surface area contributed by atoms with Crippen LogP contribution in [-0.4, -0.2) is 46.4 Å². The maximum Gasteiger partial charge on any atom is 0.190 e. The maximum atomic E-state index is 5.55. The van der Waals surface area contributed by atoms with E-state index in [4.69, 9.17) is 9.47 Å². The van der Waals surface area contributed by atoms with E-state index in [1.54, 1.807) is 14.2 Å². The van der Waals surface area contributed by atoms with Gasteiger partial charge in [0.1, 0.15) is 5.75 Å². The summed E-state index contributed by atoms with van der Waals surface area (Å²) in [6.45, 7) is 5.62. The van der Waals surface area contributed by atoms with Crippen LogP contribution in [0.15, 0.2) is 29.3 Å². The van der Waals surface area contributed by atoms with Crippen molar-refractivity contribution in [2.45, 2.75) is 39.0 Å². The Morgan fingerprint density at radius 2 is 1.80 bits per heavy atom. The van der Waals surface area contributed by atoms with Crippen molar-refractivity contribution >= 4 is 29.9 Å². The molecule has 0 atom stereocenters. The van der Waals surface area contributed by atoms with E-state index in [1.807, 2.05) is 12.1 Å². The van der Waals surface area contributed by atoms with E-state index >= 15 is 0 Å². The van der Waals surface area contributed by atoms with Crippen molar-refractivity contribution in [3.8, 4) is 5.75 Å². The number of aliphatic imine (C=N–C) groups is 1. The van der Waals surface area contributed by atoms with E-state index in [0.29, 0.717) is 0 Å². The second-order valence-electron chi connectivity index (χ2n) is 5.70. The van der Waals surface area contributed by atoms with Gasteiger partial charge in [0, 0.05) is 33.4 Å². The summed E-state index contributed by atoms with van der Waals surface area (Å²) >= 11 is 0.